The summed E-state index contributed by atoms with van der Waals surface area (Å²) in [7, 11) is 0. The van der Waals surface area contributed by atoms with Crippen LogP contribution in [0, 0.1) is 16.7 Å². The van der Waals surface area contributed by atoms with E-state index in [0.717, 1.165) is 0 Å². The normalized spacial score (nSPS) is 35.5. The molecule has 3 atom stereocenters. The van der Waals surface area contributed by atoms with Gasteiger partial charge in [-0.15, -0.1) is 0 Å². The summed E-state index contributed by atoms with van der Waals surface area (Å²) in [6.07, 6.45) is -0.184. The second-order valence-electron chi connectivity index (χ2n) is 8.48. The summed E-state index contributed by atoms with van der Waals surface area (Å²) in [5.74, 6) is -2.43. The molecule has 0 amide bonds. The summed E-state index contributed by atoms with van der Waals surface area (Å²) in [5, 5.41) is 0. The van der Waals surface area contributed by atoms with Crippen LogP contribution in [-0.2, 0) is 23.8 Å². The monoisotopic (exact) mass is 308 g/mol. The number of hydrogen-bond donors (Lipinski definition) is 0. The number of ketones is 2. The molecule has 22 heavy (non-hydrogen) atoms. The summed E-state index contributed by atoms with van der Waals surface area (Å²) in [4.78, 5) is 25.6. The molecular formula is C17H24O5. The molecule has 122 valence electrons. The molecule has 1 spiro atoms. The second kappa shape index (κ2) is 4.42. The topological polar surface area (TPSA) is 61.8 Å². The highest BCUT2D eigenvalue weighted by atomic mass is 16.8. The Balaban J connectivity index is 2.28. The Bertz CT molecular complexity index is 575. The molecule has 0 N–H and O–H groups in total. The molecule has 2 fully saturated rings. The summed E-state index contributed by atoms with van der Waals surface area (Å²) >= 11 is 0. The minimum atomic E-state index is -1.24. The molecule has 0 aromatic carbocycles. The van der Waals surface area contributed by atoms with Crippen molar-refractivity contribution in [1.82, 2.24) is 0 Å². The molecule has 0 saturated carbocycles. The maximum absolute atomic E-state index is 12.9. The summed E-state index contributed by atoms with van der Waals surface area (Å²) < 4.78 is 18.0. The molecule has 2 saturated heterocycles. The smallest absolute Gasteiger partial charge is 0.239 e. The molecule has 5 nitrogen and oxygen atoms in total. The summed E-state index contributed by atoms with van der Waals surface area (Å²) in [6.45, 7) is 12.2. The van der Waals surface area contributed by atoms with Crippen molar-refractivity contribution in [2.24, 2.45) is 16.7 Å². The lowest BCUT2D eigenvalue weighted by Gasteiger charge is -2.48. The molecule has 0 unspecified atom stereocenters. The van der Waals surface area contributed by atoms with Crippen LogP contribution in [0.2, 0.25) is 0 Å². The molecule has 0 aromatic rings. The van der Waals surface area contributed by atoms with Gasteiger partial charge in [0.1, 0.15) is 12.7 Å². The third-order valence-corrected chi connectivity index (χ3v) is 4.49. The second-order valence-corrected chi connectivity index (χ2v) is 8.48. The zero-order valence-electron chi connectivity index (χ0n) is 14.1. The van der Waals surface area contributed by atoms with Gasteiger partial charge in [-0.05, 0) is 10.8 Å². The van der Waals surface area contributed by atoms with Gasteiger partial charge < -0.3 is 14.2 Å². The lowest BCUT2D eigenvalue weighted by atomic mass is 9.64. The van der Waals surface area contributed by atoms with E-state index in [4.69, 9.17) is 14.2 Å². The average molecular weight is 308 g/mol. The van der Waals surface area contributed by atoms with Gasteiger partial charge >= 0.3 is 0 Å². The van der Waals surface area contributed by atoms with Crippen molar-refractivity contribution < 1.29 is 23.8 Å². The van der Waals surface area contributed by atoms with Crippen LogP contribution in [0.3, 0.4) is 0 Å². The van der Waals surface area contributed by atoms with Crippen molar-refractivity contribution in [3.8, 4) is 0 Å². The Kier molecular flexibility index (Phi) is 3.15. The van der Waals surface area contributed by atoms with Crippen LogP contribution in [0.25, 0.3) is 0 Å². The fourth-order valence-corrected chi connectivity index (χ4v) is 3.71. The van der Waals surface area contributed by atoms with E-state index in [0.29, 0.717) is 24.5 Å². The number of ether oxygens (including phenoxy) is 3. The number of carbonyl (C=O) groups excluding carboxylic acids is 2. The van der Waals surface area contributed by atoms with Gasteiger partial charge in [-0.2, -0.15) is 0 Å². The van der Waals surface area contributed by atoms with Gasteiger partial charge in [-0.25, -0.2) is 0 Å². The van der Waals surface area contributed by atoms with Gasteiger partial charge in [0, 0.05) is 0 Å². The van der Waals surface area contributed by atoms with E-state index in [1.54, 1.807) is 0 Å². The quantitative estimate of drug-likeness (QED) is 0.642. The molecule has 0 aromatic heterocycles. The van der Waals surface area contributed by atoms with Gasteiger partial charge in [0.05, 0.1) is 18.1 Å². The van der Waals surface area contributed by atoms with E-state index in [9.17, 15) is 9.59 Å². The van der Waals surface area contributed by atoms with E-state index in [2.05, 4.69) is 0 Å². The van der Waals surface area contributed by atoms with Crippen molar-refractivity contribution >= 4 is 11.6 Å². The zero-order chi connectivity index (χ0) is 16.5. The molecule has 0 radical (unpaired) electrons. The molecule has 3 rings (SSSR count). The zero-order valence-corrected chi connectivity index (χ0v) is 14.1. The van der Waals surface area contributed by atoms with Gasteiger partial charge in [0.2, 0.25) is 17.4 Å². The highest BCUT2D eigenvalue weighted by Crippen LogP contribution is 2.54. The lowest BCUT2D eigenvalue weighted by molar-refractivity contribution is -0.244. The SMILES string of the molecule is CC(C)(C)C1=C2OC[C@@H]3CO[C@@]2(O3)[C@H](C(C)(C)C)C(=O)C1=O. The largest absolute Gasteiger partial charge is 0.489 e. The summed E-state index contributed by atoms with van der Waals surface area (Å²) in [6, 6.07) is 0. The van der Waals surface area contributed by atoms with E-state index < -0.39 is 34.1 Å². The lowest BCUT2D eigenvalue weighted by Crippen LogP contribution is -2.60. The fraction of sp³-hybridized carbons (Fsp3) is 0.765. The third kappa shape index (κ3) is 1.98. The van der Waals surface area contributed by atoms with Crippen LogP contribution in [0.1, 0.15) is 41.5 Å². The van der Waals surface area contributed by atoms with Crippen LogP contribution in [0.5, 0.6) is 0 Å². The van der Waals surface area contributed by atoms with Crippen molar-refractivity contribution in [1.29, 1.82) is 0 Å². The van der Waals surface area contributed by atoms with Crippen molar-refractivity contribution in [3.05, 3.63) is 11.3 Å². The van der Waals surface area contributed by atoms with Crippen molar-refractivity contribution in [3.63, 3.8) is 0 Å². The Morgan fingerprint density at radius 3 is 2.23 bits per heavy atom. The molecular weight excluding hydrogens is 284 g/mol. The number of Topliss-reactive ketones (excluding diaryl/α,β-unsaturated/α-hetero) is 2. The Hall–Kier alpha value is -1.20. The highest BCUT2D eigenvalue weighted by molar-refractivity contribution is 6.45. The number of hydrogen-bond acceptors (Lipinski definition) is 5. The minimum absolute atomic E-state index is 0.184. The van der Waals surface area contributed by atoms with E-state index in [1.807, 2.05) is 41.5 Å². The number of fused-ring (bicyclic) bond motifs is 1. The first-order chi connectivity index (χ1) is 9.98. The third-order valence-electron chi connectivity index (χ3n) is 4.49. The standard InChI is InChI=1S/C17H24O5/c1-15(2,3)10-11(18)12(19)13(16(4,5)6)17-14(10)20-7-9(22-17)8-21-17/h9,13H,7-8H2,1-6H3/t9-,13+,17-/m1/s1. The van der Waals surface area contributed by atoms with E-state index in [1.165, 1.54) is 0 Å². The molecule has 3 aliphatic rings. The van der Waals surface area contributed by atoms with Crippen LogP contribution < -0.4 is 0 Å². The highest BCUT2D eigenvalue weighted by Gasteiger charge is 2.66. The predicted octanol–water partition coefficient (Wildman–Crippen LogP) is 2.24. The molecule has 2 bridgehead atoms. The number of rotatable bonds is 0. The minimum Gasteiger partial charge on any atom is -0.489 e. The Labute approximate surface area is 131 Å². The molecule has 1 aliphatic carbocycles. The first-order valence-corrected chi connectivity index (χ1v) is 7.77. The first-order valence-electron chi connectivity index (χ1n) is 7.77. The van der Waals surface area contributed by atoms with Crippen LogP contribution in [0.15, 0.2) is 11.3 Å². The van der Waals surface area contributed by atoms with E-state index in [-0.39, 0.29) is 6.10 Å². The van der Waals surface area contributed by atoms with Gasteiger partial charge in [-0.3, -0.25) is 9.59 Å². The molecule has 2 aliphatic heterocycles. The average Bonchev–Trinajstić information content (AvgIpc) is 2.66. The van der Waals surface area contributed by atoms with Gasteiger partial charge in [-0.1, -0.05) is 41.5 Å². The maximum Gasteiger partial charge on any atom is 0.239 e. The van der Waals surface area contributed by atoms with Crippen LogP contribution in [0.4, 0.5) is 0 Å². The Morgan fingerprint density at radius 1 is 1.05 bits per heavy atom. The van der Waals surface area contributed by atoms with Crippen LogP contribution in [-0.4, -0.2) is 36.7 Å². The molecule has 2 heterocycles. The van der Waals surface area contributed by atoms with Gasteiger partial charge in [0.15, 0.2) is 5.76 Å². The van der Waals surface area contributed by atoms with Crippen LogP contribution >= 0.6 is 0 Å². The van der Waals surface area contributed by atoms with Crippen molar-refractivity contribution in [2.75, 3.05) is 13.2 Å². The van der Waals surface area contributed by atoms with Gasteiger partial charge in [0.25, 0.3) is 0 Å². The fourth-order valence-electron chi connectivity index (χ4n) is 3.71. The maximum atomic E-state index is 12.9. The number of allylic oxidation sites excluding steroid dienone is 1. The van der Waals surface area contributed by atoms with E-state index >= 15 is 0 Å². The van der Waals surface area contributed by atoms with Crippen molar-refractivity contribution in [2.45, 2.75) is 53.4 Å². The Morgan fingerprint density at radius 2 is 1.68 bits per heavy atom. The first kappa shape index (κ1) is 15.7. The predicted molar refractivity (Wildman–Crippen MR) is 78.9 cm³/mol. The number of carbonyl (C=O) groups is 2. The molecule has 5 heteroatoms. The summed E-state index contributed by atoms with van der Waals surface area (Å²) in [5.41, 5.74) is -0.602.